The molecule has 1 aliphatic heterocycles. The zero-order chi connectivity index (χ0) is 20.2. The minimum atomic E-state index is -0.814. The molecule has 3 amide bonds. The first-order valence-electron chi connectivity index (χ1n) is 8.80. The number of amides is 3. The van der Waals surface area contributed by atoms with E-state index in [2.05, 4.69) is 42.3 Å². The molecule has 1 saturated heterocycles. The summed E-state index contributed by atoms with van der Waals surface area (Å²) in [7, 11) is 0. The van der Waals surface area contributed by atoms with Gasteiger partial charge in [-0.05, 0) is 25.2 Å². The lowest BCUT2D eigenvalue weighted by molar-refractivity contribution is -0.154. The molecule has 1 N–H and O–H groups in total. The van der Waals surface area contributed by atoms with Crippen LogP contribution in [0.5, 0.6) is 0 Å². The van der Waals surface area contributed by atoms with E-state index in [9.17, 15) is 19.2 Å². The Hall–Kier alpha value is -1.75. The quantitative estimate of drug-likeness (QED) is 0.354. The Bertz CT molecular complexity index is 826. The maximum Gasteiger partial charge on any atom is 0.326 e. The number of nitrogens with zero attached hydrogens (tertiary/aromatic N) is 2. The van der Waals surface area contributed by atoms with E-state index >= 15 is 0 Å². The molecular weight excluding hydrogens is 502 g/mol. The summed E-state index contributed by atoms with van der Waals surface area (Å²) in [5.74, 6) is -1.95. The fourth-order valence-corrected chi connectivity index (χ4v) is 6.36. The number of anilines is 1. The van der Waals surface area contributed by atoms with Gasteiger partial charge in [-0.1, -0.05) is 37.0 Å². The molecule has 1 aromatic rings. The Morgan fingerprint density at radius 2 is 1.86 bits per heavy atom. The molecule has 2 saturated carbocycles. The van der Waals surface area contributed by atoms with E-state index in [0.717, 1.165) is 11.3 Å². The number of alkyl halides is 2. The van der Waals surface area contributed by atoms with Crippen LogP contribution in [0.4, 0.5) is 5.82 Å². The number of likely N-dealkylation sites (tertiary alicyclic amines) is 1. The molecule has 0 spiro atoms. The summed E-state index contributed by atoms with van der Waals surface area (Å²) < 4.78 is 9.72. The van der Waals surface area contributed by atoms with Gasteiger partial charge in [0, 0.05) is 15.7 Å². The van der Waals surface area contributed by atoms with Gasteiger partial charge in [-0.2, -0.15) is 0 Å². The van der Waals surface area contributed by atoms with Crippen LogP contribution in [0.1, 0.15) is 12.2 Å². The standard InChI is InChI=1S/C17H17Br2N3O6/c1-6-2-9(21-28-6)20-10(23)5-27-11(24)4-22-16(25)12-7-3-8(13(12)17(22)26)15(19)14(7)18/h2,7-8,12-15H,3-5H2,1H3,(H,20,21,23)/t7-,8-,12-,13-,14+,15+/m1/s1. The predicted octanol–water partition coefficient (Wildman–Crippen LogP) is 1.24. The number of hydrogen-bond acceptors (Lipinski definition) is 7. The number of imide groups is 1. The Labute approximate surface area is 176 Å². The van der Waals surface area contributed by atoms with Gasteiger partial charge in [0.05, 0.1) is 11.8 Å². The first-order valence-corrected chi connectivity index (χ1v) is 10.6. The lowest BCUT2D eigenvalue weighted by atomic mass is 9.81. The zero-order valence-corrected chi connectivity index (χ0v) is 17.9. The normalized spacial score (nSPS) is 33.3. The van der Waals surface area contributed by atoms with Gasteiger partial charge in [-0.15, -0.1) is 0 Å². The summed E-state index contributed by atoms with van der Waals surface area (Å²) in [6.07, 6.45) is 0.818. The van der Waals surface area contributed by atoms with Crippen LogP contribution in [0.15, 0.2) is 10.6 Å². The number of hydrogen-bond donors (Lipinski definition) is 1. The molecule has 4 rings (SSSR count). The number of esters is 1. The molecule has 9 nitrogen and oxygen atoms in total. The largest absolute Gasteiger partial charge is 0.454 e. The number of ether oxygens (including phenoxy) is 1. The maximum atomic E-state index is 12.7. The van der Waals surface area contributed by atoms with Crippen molar-refractivity contribution in [1.82, 2.24) is 10.1 Å². The maximum absolute atomic E-state index is 12.7. The van der Waals surface area contributed by atoms with Crippen molar-refractivity contribution in [1.29, 1.82) is 0 Å². The molecule has 150 valence electrons. The molecule has 3 aliphatic rings. The van der Waals surface area contributed by atoms with Gasteiger partial charge in [0.25, 0.3) is 5.91 Å². The van der Waals surface area contributed by atoms with Crippen molar-refractivity contribution in [3.8, 4) is 0 Å². The van der Waals surface area contributed by atoms with Crippen molar-refractivity contribution in [3.05, 3.63) is 11.8 Å². The molecule has 28 heavy (non-hydrogen) atoms. The third-order valence-corrected chi connectivity index (χ3v) is 8.83. The molecular formula is C17H17Br2N3O6. The Morgan fingerprint density at radius 3 is 2.39 bits per heavy atom. The Morgan fingerprint density at radius 1 is 1.25 bits per heavy atom. The van der Waals surface area contributed by atoms with Gasteiger partial charge < -0.3 is 14.6 Å². The Balaban J connectivity index is 1.32. The SMILES string of the molecule is Cc1cc(NC(=O)COC(=O)CN2C(=O)[C@@H]3[C@H]4C[C@@H]([C@H](Br)[C@H]4Br)[C@H]3C2=O)no1. The minimum absolute atomic E-state index is 0.0774. The van der Waals surface area contributed by atoms with Gasteiger partial charge >= 0.3 is 5.97 Å². The average Bonchev–Trinajstić information content (AvgIpc) is 3.36. The number of fused-ring (bicyclic) bond motifs is 5. The molecule has 0 unspecified atom stereocenters. The summed E-state index contributed by atoms with van der Waals surface area (Å²) >= 11 is 7.22. The second kappa shape index (κ2) is 7.25. The molecule has 6 atom stereocenters. The van der Waals surface area contributed by atoms with Crippen molar-refractivity contribution >= 4 is 61.4 Å². The second-order valence-corrected chi connectivity index (χ2v) is 9.41. The second-order valence-electron chi connectivity index (χ2n) is 7.30. The highest BCUT2D eigenvalue weighted by atomic mass is 79.9. The van der Waals surface area contributed by atoms with Crippen LogP contribution in [0, 0.1) is 30.6 Å². The molecule has 1 aromatic heterocycles. The van der Waals surface area contributed by atoms with Crippen LogP contribution >= 0.6 is 31.9 Å². The van der Waals surface area contributed by atoms with Crippen LogP contribution < -0.4 is 5.32 Å². The third-order valence-electron chi connectivity index (χ3n) is 5.63. The van der Waals surface area contributed by atoms with Crippen molar-refractivity contribution in [2.24, 2.45) is 23.7 Å². The average molecular weight is 519 g/mol. The highest BCUT2D eigenvalue weighted by molar-refractivity contribution is 9.12. The fourth-order valence-electron chi connectivity index (χ4n) is 4.49. The summed E-state index contributed by atoms with van der Waals surface area (Å²) in [5.41, 5.74) is 0. The van der Waals surface area contributed by atoms with E-state index in [4.69, 9.17) is 9.26 Å². The molecule has 2 heterocycles. The van der Waals surface area contributed by atoms with E-state index < -0.39 is 25.0 Å². The van der Waals surface area contributed by atoms with E-state index in [0.29, 0.717) is 5.76 Å². The lowest BCUT2D eigenvalue weighted by Gasteiger charge is -2.28. The van der Waals surface area contributed by atoms with Crippen molar-refractivity contribution in [2.75, 3.05) is 18.5 Å². The monoisotopic (exact) mass is 517 g/mol. The smallest absolute Gasteiger partial charge is 0.326 e. The number of halogens is 2. The van der Waals surface area contributed by atoms with Crippen LogP contribution in [-0.4, -0.2) is 56.6 Å². The fraction of sp³-hybridized carbons (Fsp3) is 0.588. The predicted molar refractivity (Wildman–Crippen MR) is 102 cm³/mol. The van der Waals surface area contributed by atoms with Crippen molar-refractivity contribution < 1.29 is 28.4 Å². The number of rotatable bonds is 5. The highest BCUT2D eigenvalue weighted by Gasteiger charge is 2.66. The molecule has 3 fully saturated rings. The number of nitrogens with one attached hydrogen (secondary N) is 1. The highest BCUT2D eigenvalue weighted by Crippen LogP contribution is 2.60. The molecule has 11 heteroatoms. The van der Waals surface area contributed by atoms with Crippen LogP contribution in [0.25, 0.3) is 0 Å². The third kappa shape index (κ3) is 3.18. The molecule has 2 bridgehead atoms. The molecule has 2 aliphatic carbocycles. The summed E-state index contributed by atoms with van der Waals surface area (Å²) in [6, 6.07) is 1.52. The van der Waals surface area contributed by atoms with Crippen LogP contribution in [-0.2, 0) is 23.9 Å². The Kier molecular flexibility index (Phi) is 5.07. The number of aromatic nitrogens is 1. The van der Waals surface area contributed by atoms with Gasteiger partial charge in [-0.25, -0.2) is 0 Å². The van der Waals surface area contributed by atoms with Gasteiger partial charge in [0.2, 0.25) is 11.8 Å². The van der Waals surface area contributed by atoms with Crippen molar-refractivity contribution in [2.45, 2.75) is 23.0 Å². The molecule has 0 aromatic carbocycles. The van der Waals surface area contributed by atoms with E-state index in [-0.39, 0.29) is 51.0 Å². The van der Waals surface area contributed by atoms with Gasteiger partial charge in [0.15, 0.2) is 12.4 Å². The van der Waals surface area contributed by atoms with Crippen LogP contribution in [0.2, 0.25) is 0 Å². The number of carbonyl (C=O) groups is 4. The lowest BCUT2D eigenvalue weighted by Crippen LogP contribution is -2.38. The summed E-state index contributed by atoms with van der Waals surface area (Å²) in [4.78, 5) is 50.5. The summed E-state index contributed by atoms with van der Waals surface area (Å²) in [6.45, 7) is 0.635. The van der Waals surface area contributed by atoms with E-state index in [1.165, 1.54) is 6.07 Å². The first kappa shape index (κ1) is 19.6. The van der Waals surface area contributed by atoms with Crippen molar-refractivity contribution in [3.63, 3.8) is 0 Å². The zero-order valence-electron chi connectivity index (χ0n) is 14.8. The summed E-state index contributed by atoms with van der Waals surface area (Å²) in [5, 5.41) is 6.01. The van der Waals surface area contributed by atoms with E-state index in [1.54, 1.807) is 6.92 Å². The van der Waals surface area contributed by atoms with Gasteiger partial charge in [-0.3, -0.25) is 24.1 Å². The number of aryl methyl sites for hydroxylation is 1. The number of carbonyl (C=O) groups excluding carboxylic acids is 4. The molecule has 0 radical (unpaired) electrons. The first-order chi connectivity index (χ1) is 13.3. The van der Waals surface area contributed by atoms with Crippen LogP contribution in [0.3, 0.4) is 0 Å². The topological polar surface area (TPSA) is 119 Å². The van der Waals surface area contributed by atoms with Gasteiger partial charge in [0.1, 0.15) is 12.3 Å². The van der Waals surface area contributed by atoms with E-state index in [1.807, 2.05) is 0 Å². The minimum Gasteiger partial charge on any atom is -0.454 e.